The lowest BCUT2D eigenvalue weighted by Crippen LogP contribution is -2.43. The number of hydrogen-bond donors (Lipinski definition) is 2. The van der Waals surface area contributed by atoms with E-state index in [1.54, 1.807) is 0 Å². The maximum absolute atomic E-state index is 12.6. The molecule has 2 unspecified atom stereocenters. The smallest absolute Gasteiger partial charge is 0.326 e. The van der Waals surface area contributed by atoms with E-state index in [9.17, 15) is 29.4 Å². The number of ether oxygens (including phenoxy) is 2. The molecule has 34 heavy (non-hydrogen) atoms. The van der Waals surface area contributed by atoms with Crippen LogP contribution >= 0.6 is 46.4 Å². The highest BCUT2D eigenvalue weighted by atomic mass is 35.5. The van der Waals surface area contributed by atoms with Crippen LogP contribution in [-0.2, 0) is 19.2 Å². The van der Waals surface area contributed by atoms with Gasteiger partial charge in [-0.25, -0.2) is 9.59 Å². The third kappa shape index (κ3) is 5.40. The van der Waals surface area contributed by atoms with Crippen molar-refractivity contribution < 1.29 is 38.9 Å². The van der Waals surface area contributed by atoms with E-state index in [0.717, 1.165) is 0 Å². The van der Waals surface area contributed by atoms with Gasteiger partial charge in [-0.3, -0.25) is 9.59 Å². The molecule has 2 aliphatic rings. The lowest BCUT2D eigenvalue weighted by molar-refractivity contribution is -0.149. The van der Waals surface area contributed by atoms with Gasteiger partial charge in [-0.15, -0.1) is 0 Å². The molecule has 0 saturated carbocycles. The fourth-order valence-electron chi connectivity index (χ4n) is 3.93. The Morgan fingerprint density at radius 1 is 0.706 bits per heavy atom. The highest BCUT2D eigenvalue weighted by Gasteiger charge is 2.36. The summed E-state index contributed by atoms with van der Waals surface area (Å²) in [6.07, 6.45) is 1.72. The molecule has 1 aromatic rings. The maximum atomic E-state index is 12.6. The first-order chi connectivity index (χ1) is 16.0. The summed E-state index contributed by atoms with van der Waals surface area (Å²) in [6.45, 7) is -0.689. The zero-order valence-corrected chi connectivity index (χ0v) is 20.6. The number of aliphatic carboxylic acids is 2. The molecule has 1 aromatic carbocycles. The molecule has 10 nitrogen and oxygen atoms in total. The van der Waals surface area contributed by atoms with Gasteiger partial charge in [0.15, 0.2) is 24.7 Å². The van der Waals surface area contributed by atoms with E-state index >= 15 is 0 Å². The van der Waals surface area contributed by atoms with Crippen LogP contribution in [-0.4, -0.2) is 82.2 Å². The minimum atomic E-state index is -1.12. The van der Waals surface area contributed by atoms with Crippen LogP contribution in [0.5, 0.6) is 11.5 Å². The largest absolute Gasteiger partial charge is 0.480 e. The number of benzene rings is 1. The van der Waals surface area contributed by atoms with E-state index in [1.165, 1.54) is 9.80 Å². The third-order valence-corrected chi connectivity index (χ3v) is 7.35. The van der Waals surface area contributed by atoms with Gasteiger partial charge < -0.3 is 29.5 Å². The number of carboxylic acid groups (broad SMARTS) is 2. The third-order valence-electron chi connectivity index (χ3n) is 5.58. The van der Waals surface area contributed by atoms with Crippen LogP contribution in [0.1, 0.15) is 25.7 Å². The van der Waals surface area contributed by atoms with Crippen LogP contribution in [0, 0.1) is 0 Å². The van der Waals surface area contributed by atoms with Gasteiger partial charge in [0.1, 0.15) is 22.1 Å². The average Bonchev–Trinajstić information content (AvgIpc) is 3.48. The second-order valence-corrected chi connectivity index (χ2v) is 9.17. The summed E-state index contributed by atoms with van der Waals surface area (Å²) in [5, 5.41) is 17.7. The predicted molar refractivity (Wildman–Crippen MR) is 122 cm³/mol. The fourth-order valence-corrected chi connectivity index (χ4v) is 4.85. The normalized spacial score (nSPS) is 19.9. The summed E-state index contributed by atoms with van der Waals surface area (Å²) < 4.78 is 11.0. The fraction of sp³-hybridized carbons (Fsp3) is 0.500. The molecular formula is C20H20Cl4N2O8. The number of likely N-dealkylation sites (tertiary alicyclic amines) is 2. The van der Waals surface area contributed by atoms with Gasteiger partial charge in [0.2, 0.25) is 0 Å². The Labute approximate surface area is 214 Å². The van der Waals surface area contributed by atoms with Gasteiger partial charge in [-0.2, -0.15) is 0 Å². The lowest BCUT2D eigenvalue weighted by Gasteiger charge is -2.24. The standard InChI is InChI=1S/C20H20Cl4N2O8/c21-13-14(22)16(24)18(34-8-12(28)26-6-2-4-10(26)20(31)32)17(15(13)23)33-7-11(27)25-5-1-3-9(25)19(29)30/h9-10H,1-8H2,(H,29,30)(H,31,32). The number of nitrogens with zero attached hydrogens (tertiary/aromatic N) is 2. The molecule has 0 radical (unpaired) electrons. The van der Waals surface area contributed by atoms with Crippen LogP contribution in [0.15, 0.2) is 0 Å². The predicted octanol–water partition coefficient (Wildman–Crippen LogP) is 3.21. The molecule has 2 atom stereocenters. The second-order valence-electron chi connectivity index (χ2n) is 7.66. The summed E-state index contributed by atoms with van der Waals surface area (Å²) in [6, 6.07) is -1.92. The van der Waals surface area contributed by atoms with Crippen LogP contribution in [0.2, 0.25) is 20.1 Å². The minimum Gasteiger partial charge on any atom is -0.480 e. The Kier molecular flexibility index (Phi) is 8.62. The van der Waals surface area contributed by atoms with Crippen LogP contribution < -0.4 is 9.47 Å². The van der Waals surface area contributed by atoms with Crippen molar-refractivity contribution in [3.8, 4) is 11.5 Å². The van der Waals surface area contributed by atoms with E-state index in [1.807, 2.05) is 0 Å². The molecule has 2 aliphatic heterocycles. The molecule has 186 valence electrons. The van der Waals surface area contributed by atoms with Crippen molar-refractivity contribution in [2.75, 3.05) is 26.3 Å². The molecule has 0 aliphatic carbocycles. The van der Waals surface area contributed by atoms with Crippen molar-refractivity contribution in [3.63, 3.8) is 0 Å². The molecule has 0 bridgehead atoms. The average molecular weight is 558 g/mol. The van der Waals surface area contributed by atoms with Gasteiger partial charge in [-0.05, 0) is 25.7 Å². The van der Waals surface area contributed by atoms with Crippen molar-refractivity contribution in [1.82, 2.24) is 9.80 Å². The zero-order valence-electron chi connectivity index (χ0n) is 17.6. The molecule has 2 amide bonds. The van der Waals surface area contributed by atoms with Crippen molar-refractivity contribution in [3.05, 3.63) is 20.1 Å². The Balaban J connectivity index is 1.78. The Morgan fingerprint density at radius 3 is 1.38 bits per heavy atom. The quantitative estimate of drug-likeness (QED) is 0.367. The number of carbonyl (C=O) groups is 4. The molecule has 2 saturated heterocycles. The zero-order chi connectivity index (χ0) is 25.2. The summed E-state index contributed by atoms with van der Waals surface area (Å²) >= 11 is 24.6. The summed E-state index contributed by atoms with van der Waals surface area (Å²) in [5.74, 6) is -3.97. The van der Waals surface area contributed by atoms with Crippen molar-refractivity contribution in [2.24, 2.45) is 0 Å². The second kappa shape index (κ2) is 11.1. The number of rotatable bonds is 8. The number of carboxylic acids is 2. The van der Waals surface area contributed by atoms with Gasteiger partial charge in [0.05, 0.1) is 10.0 Å². The topological polar surface area (TPSA) is 134 Å². The van der Waals surface area contributed by atoms with Gasteiger partial charge in [-0.1, -0.05) is 46.4 Å². The number of carbonyl (C=O) groups excluding carboxylic acids is 2. The SMILES string of the molecule is O=C(O)C1CCCN1C(=O)COc1c(Cl)c(Cl)c(Cl)c(Cl)c1OCC(=O)N1CCCC1C(=O)O. The van der Waals surface area contributed by atoms with Crippen molar-refractivity contribution >= 4 is 70.2 Å². The molecule has 2 N–H and O–H groups in total. The Hall–Kier alpha value is -2.14. The van der Waals surface area contributed by atoms with Crippen LogP contribution in [0.3, 0.4) is 0 Å². The molecule has 2 fully saturated rings. The van der Waals surface area contributed by atoms with Crippen molar-refractivity contribution in [2.45, 2.75) is 37.8 Å². The molecule has 2 heterocycles. The van der Waals surface area contributed by atoms with E-state index in [-0.39, 0.29) is 44.7 Å². The van der Waals surface area contributed by atoms with Crippen LogP contribution in [0.25, 0.3) is 0 Å². The Morgan fingerprint density at radius 2 is 1.06 bits per heavy atom. The summed E-state index contributed by atoms with van der Waals surface area (Å²) in [7, 11) is 0. The lowest BCUT2D eigenvalue weighted by atomic mass is 10.2. The Bertz CT molecular complexity index is 942. The van der Waals surface area contributed by atoms with Crippen LogP contribution in [0.4, 0.5) is 0 Å². The molecule has 3 rings (SSSR count). The van der Waals surface area contributed by atoms with Gasteiger partial charge in [0, 0.05) is 13.1 Å². The first kappa shape index (κ1) is 26.5. The van der Waals surface area contributed by atoms with E-state index < -0.39 is 49.1 Å². The summed E-state index contributed by atoms with van der Waals surface area (Å²) in [4.78, 5) is 50.2. The number of hydrogen-bond acceptors (Lipinski definition) is 6. The maximum Gasteiger partial charge on any atom is 0.326 e. The first-order valence-electron chi connectivity index (χ1n) is 10.2. The van der Waals surface area contributed by atoms with Gasteiger partial charge >= 0.3 is 11.9 Å². The molecule has 14 heteroatoms. The van der Waals surface area contributed by atoms with E-state index in [4.69, 9.17) is 55.9 Å². The minimum absolute atomic E-state index is 0.176. The molecular weight excluding hydrogens is 538 g/mol. The van der Waals surface area contributed by atoms with Gasteiger partial charge in [0.25, 0.3) is 11.8 Å². The highest BCUT2D eigenvalue weighted by molar-refractivity contribution is 6.53. The first-order valence-corrected chi connectivity index (χ1v) is 11.7. The van der Waals surface area contributed by atoms with E-state index in [0.29, 0.717) is 25.7 Å². The molecule has 0 aromatic heterocycles. The van der Waals surface area contributed by atoms with Crippen molar-refractivity contribution in [1.29, 1.82) is 0 Å². The van der Waals surface area contributed by atoms with E-state index in [2.05, 4.69) is 0 Å². The molecule has 0 spiro atoms. The number of amides is 2. The monoisotopic (exact) mass is 556 g/mol. The highest BCUT2D eigenvalue weighted by Crippen LogP contribution is 2.50. The number of halogens is 4. The summed E-state index contributed by atoms with van der Waals surface area (Å²) in [5.41, 5.74) is 0.